The first-order valence-electron chi connectivity index (χ1n) is 5.62. The SMILES string of the molecule is CC(CCCl)SCCCC1CCCO1. The van der Waals surface area contributed by atoms with Gasteiger partial charge in [-0.25, -0.2) is 0 Å². The van der Waals surface area contributed by atoms with E-state index >= 15 is 0 Å². The first kappa shape index (κ1) is 12.7. The summed E-state index contributed by atoms with van der Waals surface area (Å²) < 4.78 is 5.58. The van der Waals surface area contributed by atoms with E-state index < -0.39 is 0 Å². The number of hydrogen-bond donors (Lipinski definition) is 0. The topological polar surface area (TPSA) is 9.23 Å². The highest BCUT2D eigenvalue weighted by atomic mass is 35.5. The molecule has 3 heteroatoms. The molecule has 0 aliphatic carbocycles. The average Bonchev–Trinajstić information content (AvgIpc) is 2.65. The Morgan fingerprint density at radius 3 is 3.07 bits per heavy atom. The van der Waals surface area contributed by atoms with Crippen LogP contribution >= 0.6 is 23.4 Å². The van der Waals surface area contributed by atoms with Crippen LogP contribution in [0.25, 0.3) is 0 Å². The molecule has 0 saturated carbocycles. The molecule has 0 amide bonds. The van der Waals surface area contributed by atoms with Gasteiger partial charge < -0.3 is 4.74 Å². The van der Waals surface area contributed by atoms with Gasteiger partial charge in [-0.15, -0.1) is 11.6 Å². The third kappa shape index (κ3) is 5.47. The van der Waals surface area contributed by atoms with Crippen LogP contribution in [0.4, 0.5) is 0 Å². The molecule has 1 saturated heterocycles. The van der Waals surface area contributed by atoms with Crippen LogP contribution in [0.3, 0.4) is 0 Å². The van der Waals surface area contributed by atoms with Crippen LogP contribution in [0, 0.1) is 0 Å². The summed E-state index contributed by atoms with van der Waals surface area (Å²) in [4.78, 5) is 0. The summed E-state index contributed by atoms with van der Waals surface area (Å²) in [5.74, 6) is 2.05. The fourth-order valence-corrected chi connectivity index (χ4v) is 3.18. The lowest BCUT2D eigenvalue weighted by atomic mass is 10.1. The van der Waals surface area contributed by atoms with Crippen molar-refractivity contribution in [3.63, 3.8) is 0 Å². The van der Waals surface area contributed by atoms with Gasteiger partial charge in [-0.05, 0) is 37.9 Å². The van der Waals surface area contributed by atoms with Crippen molar-refractivity contribution in [2.24, 2.45) is 0 Å². The highest BCUT2D eigenvalue weighted by Gasteiger charge is 2.14. The van der Waals surface area contributed by atoms with E-state index in [0.29, 0.717) is 6.10 Å². The minimum atomic E-state index is 0.568. The van der Waals surface area contributed by atoms with E-state index in [9.17, 15) is 0 Å². The van der Waals surface area contributed by atoms with Crippen molar-refractivity contribution < 1.29 is 4.74 Å². The second-order valence-electron chi connectivity index (χ2n) is 3.94. The number of halogens is 1. The Balaban J connectivity index is 1.88. The third-order valence-electron chi connectivity index (χ3n) is 2.61. The fraction of sp³-hybridized carbons (Fsp3) is 1.00. The molecule has 2 atom stereocenters. The molecule has 1 aliphatic heterocycles. The number of rotatable bonds is 7. The minimum absolute atomic E-state index is 0.568. The lowest BCUT2D eigenvalue weighted by Crippen LogP contribution is -2.05. The van der Waals surface area contributed by atoms with E-state index in [1.165, 1.54) is 31.4 Å². The van der Waals surface area contributed by atoms with Crippen LogP contribution in [0.2, 0.25) is 0 Å². The molecular formula is C11H21ClOS. The Morgan fingerprint density at radius 1 is 1.57 bits per heavy atom. The summed E-state index contributed by atoms with van der Waals surface area (Å²) >= 11 is 7.72. The number of hydrogen-bond acceptors (Lipinski definition) is 2. The molecule has 0 N–H and O–H groups in total. The molecule has 0 bridgehead atoms. The van der Waals surface area contributed by atoms with Gasteiger partial charge in [0.05, 0.1) is 6.10 Å². The van der Waals surface area contributed by atoms with Crippen molar-refractivity contribution in [2.45, 2.75) is 50.4 Å². The highest BCUT2D eigenvalue weighted by Crippen LogP contribution is 2.20. The van der Waals surface area contributed by atoms with Crippen LogP contribution in [0.5, 0.6) is 0 Å². The van der Waals surface area contributed by atoms with Crippen molar-refractivity contribution in [3.8, 4) is 0 Å². The molecule has 0 radical (unpaired) electrons. The van der Waals surface area contributed by atoms with Gasteiger partial charge in [0.25, 0.3) is 0 Å². The van der Waals surface area contributed by atoms with Crippen LogP contribution in [0.15, 0.2) is 0 Å². The van der Waals surface area contributed by atoms with Crippen molar-refractivity contribution in [1.29, 1.82) is 0 Å². The summed E-state index contributed by atoms with van der Waals surface area (Å²) in [6.45, 7) is 3.25. The zero-order valence-corrected chi connectivity index (χ0v) is 10.6. The van der Waals surface area contributed by atoms with Gasteiger partial charge in [0, 0.05) is 17.7 Å². The summed E-state index contributed by atoms with van der Waals surface area (Å²) in [5.41, 5.74) is 0. The van der Waals surface area contributed by atoms with E-state index in [-0.39, 0.29) is 0 Å². The van der Waals surface area contributed by atoms with E-state index in [1.54, 1.807) is 0 Å². The Labute approximate surface area is 96.9 Å². The Kier molecular flexibility index (Phi) is 7.09. The van der Waals surface area contributed by atoms with Crippen molar-refractivity contribution in [3.05, 3.63) is 0 Å². The molecule has 1 heterocycles. The smallest absolute Gasteiger partial charge is 0.0576 e. The normalized spacial score (nSPS) is 24.0. The van der Waals surface area contributed by atoms with Crippen LogP contribution in [-0.4, -0.2) is 29.6 Å². The van der Waals surface area contributed by atoms with Gasteiger partial charge in [-0.2, -0.15) is 11.8 Å². The summed E-state index contributed by atoms with van der Waals surface area (Å²) in [6, 6.07) is 0. The van der Waals surface area contributed by atoms with Crippen molar-refractivity contribution in [1.82, 2.24) is 0 Å². The molecule has 0 aromatic heterocycles. The van der Waals surface area contributed by atoms with Gasteiger partial charge in [-0.1, -0.05) is 6.92 Å². The molecule has 0 aromatic rings. The van der Waals surface area contributed by atoms with E-state index in [0.717, 1.165) is 24.2 Å². The Hall–Kier alpha value is 0.600. The van der Waals surface area contributed by atoms with Gasteiger partial charge in [0.2, 0.25) is 0 Å². The zero-order chi connectivity index (χ0) is 10.2. The summed E-state index contributed by atoms with van der Waals surface area (Å²) in [6.07, 6.45) is 6.79. The molecule has 0 aromatic carbocycles. The van der Waals surface area contributed by atoms with E-state index in [1.807, 2.05) is 11.8 Å². The van der Waals surface area contributed by atoms with Gasteiger partial charge in [0.15, 0.2) is 0 Å². The quantitative estimate of drug-likeness (QED) is 0.493. The first-order chi connectivity index (χ1) is 6.83. The third-order valence-corrected chi connectivity index (χ3v) is 4.16. The van der Waals surface area contributed by atoms with Crippen LogP contribution in [-0.2, 0) is 4.74 Å². The maximum absolute atomic E-state index is 5.68. The van der Waals surface area contributed by atoms with Crippen molar-refractivity contribution >= 4 is 23.4 Å². The maximum Gasteiger partial charge on any atom is 0.0576 e. The number of alkyl halides is 1. The first-order valence-corrected chi connectivity index (χ1v) is 7.20. The number of ether oxygens (including phenoxy) is 1. The lowest BCUT2D eigenvalue weighted by molar-refractivity contribution is 0.104. The molecule has 1 rings (SSSR count). The monoisotopic (exact) mass is 236 g/mol. The average molecular weight is 237 g/mol. The Bertz CT molecular complexity index is 137. The van der Waals surface area contributed by atoms with Gasteiger partial charge in [0.1, 0.15) is 0 Å². The lowest BCUT2D eigenvalue weighted by Gasteiger charge is -2.11. The van der Waals surface area contributed by atoms with Gasteiger partial charge in [-0.3, -0.25) is 0 Å². The second kappa shape index (κ2) is 7.84. The zero-order valence-electron chi connectivity index (χ0n) is 9.01. The molecule has 84 valence electrons. The highest BCUT2D eigenvalue weighted by molar-refractivity contribution is 7.99. The number of thioether (sulfide) groups is 1. The van der Waals surface area contributed by atoms with Crippen molar-refractivity contribution in [2.75, 3.05) is 18.2 Å². The summed E-state index contributed by atoms with van der Waals surface area (Å²) in [5, 5.41) is 0.719. The fourth-order valence-electron chi connectivity index (χ4n) is 1.70. The summed E-state index contributed by atoms with van der Waals surface area (Å²) in [7, 11) is 0. The second-order valence-corrected chi connectivity index (χ2v) is 5.86. The molecule has 1 aliphatic rings. The molecule has 2 unspecified atom stereocenters. The molecule has 1 nitrogen and oxygen atoms in total. The largest absolute Gasteiger partial charge is 0.378 e. The predicted molar refractivity (Wildman–Crippen MR) is 65.5 cm³/mol. The Morgan fingerprint density at radius 2 is 2.43 bits per heavy atom. The minimum Gasteiger partial charge on any atom is -0.378 e. The maximum atomic E-state index is 5.68. The molecular weight excluding hydrogens is 216 g/mol. The molecule has 1 fully saturated rings. The standard InChI is InChI=1S/C11H21ClOS/c1-10(6-7-12)14-9-3-5-11-4-2-8-13-11/h10-11H,2-9H2,1H3. The molecule has 0 spiro atoms. The molecule has 14 heavy (non-hydrogen) atoms. The predicted octanol–water partition coefficient (Wildman–Crippen LogP) is 3.70. The van der Waals surface area contributed by atoms with E-state index in [4.69, 9.17) is 16.3 Å². The van der Waals surface area contributed by atoms with E-state index in [2.05, 4.69) is 6.92 Å². The van der Waals surface area contributed by atoms with Crippen LogP contribution in [0.1, 0.15) is 39.0 Å². The van der Waals surface area contributed by atoms with Gasteiger partial charge >= 0.3 is 0 Å². The van der Waals surface area contributed by atoms with Crippen LogP contribution < -0.4 is 0 Å².